The molecule has 0 atom stereocenters. The molecule has 2 heterocycles. The van der Waals surface area contributed by atoms with Crippen molar-refractivity contribution in [1.29, 1.82) is 0 Å². The number of amides is 1. The lowest BCUT2D eigenvalue weighted by Gasteiger charge is -2.32. The predicted molar refractivity (Wildman–Crippen MR) is 108 cm³/mol. The third kappa shape index (κ3) is 4.75. The van der Waals surface area contributed by atoms with Crippen molar-refractivity contribution >= 4 is 23.1 Å². The molecule has 0 radical (unpaired) electrons. The van der Waals surface area contributed by atoms with Crippen LogP contribution in [0.1, 0.15) is 44.0 Å². The molecule has 1 aliphatic heterocycles. The van der Waals surface area contributed by atoms with Gasteiger partial charge in [-0.15, -0.1) is 0 Å². The molecule has 5 nitrogen and oxygen atoms in total. The summed E-state index contributed by atoms with van der Waals surface area (Å²) in [5.41, 5.74) is 2.62. The van der Waals surface area contributed by atoms with Crippen molar-refractivity contribution in [2.45, 2.75) is 39.7 Å². The van der Waals surface area contributed by atoms with Crippen LogP contribution in [0.5, 0.6) is 0 Å². The fourth-order valence-electron chi connectivity index (χ4n) is 3.17. The van der Waals surface area contributed by atoms with E-state index in [-0.39, 0.29) is 11.9 Å². The van der Waals surface area contributed by atoms with Gasteiger partial charge in [-0.3, -0.25) is 4.79 Å². The number of aromatic nitrogens is 1. The van der Waals surface area contributed by atoms with Gasteiger partial charge in [-0.2, -0.15) is 0 Å². The summed E-state index contributed by atoms with van der Waals surface area (Å²) >= 11 is 0. The van der Waals surface area contributed by atoms with Crippen molar-refractivity contribution in [1.82, 2.24) is 4.98 Å². The molecule has 138 valence electrons. The number of piperidine rings is 1. The van der Waals surface area contributed by atoms with Crippen LogP contribution in [0, 0.1) is 5.92 Å². The fourth-order valence-corrected chi connectivity index (χ4v) is 3.17. The van der Waals surface area contributed by atoms with E-state index >= 15 is 0 Å². The molecule has 0 aliphatic carbocycles. The number of carbonyl (C=O) groups excluding carboxylic acids is 1. The minimum Gasteiger partial charge on any atom is -0.372 e. The minimum absolute atomic E-state index is 0.126. The van der Waals surface area contributed by atoms with Crippen LogP contribution < -0.4 is 15.5 Å². The molecule has 1 amide bonds. The SMILES string of the molecule is CC1CCN(c2ccc(NC(=O)c3ccnc(NC(C)C)c3)cc2)CC1. The van der Waals surface area contributed by atoms with Crippen LogP contribution in [-0.4, -0.2) is 30.0 Å². The van der Waals surface area contributed by atoms with E-state index < -0.39 is 0 Å². The summed E-state index contributed by atoms with van der Waals surface area (Å²) in [6, 6.07) is 11.9. The lowest BCUT2D eigenvalue weighted by atomic mass is 9.99. The van der Waals surface area contributed by atoms with Crippen molar-refractivity contribution in [3.63, 3.8) is 0 Å². The number of nitrogens with zero attached hydrogens (tertiary/aromatic N) is 2. The fraction of sp³-hybridized carbons (Fsp3) is 0.429. The first-order valence-corrected chi connectivity index (χ1v) is 9.40. The van der Waals surface area contributed by atoms with Gasteiger partial charge in [0.05, 0.1) is 0 Å². The zero-order valence-corrected chi connectivity index (χ0v) is 15.8. The van der Waals surface area contributed by atoms with Crippen molar-refractivity contribution in [3.05, 3.63) is 48.2 Å². The first-order chi connectivity index (χ1) is 12.5. The van der Waals surface area contributed by atoms with Crippen molar-refractivity contribution in [2.24, 2.45) is 5.92 Å². The van der Waals surface area contributed by atoms with Gasteiger partial charge in [0.2, 0.25) is 0 Å². The highest BCUT2D eigenvalue weighted by atomic mass is 16.1. The largest absolute Gasteiger partial charge is 0.372 e. The second-order valence-corrected chi connectivity index (χ2v) is 7.40. The molecule has 2 N–H and O–H groups in total. The second-order valence-electron chi connectivity index (χ2n) is 7.40. The number of rotatable bonds is 5. The standard InChI is InChI=1S/C21H28N4O/c1-15(2)23-20-14-17(8-11-22-20)21(26)24-18-4-6-19(7-5-18)25-12-9-16(3)10-13-25/h4-8,11,14-16H,9-10,12-13H2,1-3H3,(H,22,23)(H,24,26). The summed E-state index contributed by atoms with van der Waals surface area (Å²) in [5.74, 6) is 1.40. The first-order valence-electron chi connectivity index (χ1n) is 9.40. The van der Waals surface area contributed by atoms with Crippen molar-refractivity contribution < 1.29 is 4.79 Å². The quantitative estimate of drug-likeness (QED) is 0.838. The van der Waals surface area contributed by atoms with Gasteiger partial charge < -0.3 is 15.5 Å². The Bertz CT molecular complexity index is 734. The molecule has 0 unspecified atom stereocenters. The Morgan fingerprint density at radius 1 is 1.15 bits per heavy atom. The maximum Gasteiger partial charge on any atom is 0.255 e. The molecule has 0 saturated carbocycles. The third-order valence-electron chi connectivity index (χ3n) is 4.73. The van der Waals surface area contributed by atoms with E-state index in [2.05, 4.69) is 39.6 Å². The van der Waals surface area contributed by atoms with Crippen LogP contribution in [0.4, 0.5) is 17.2 Å². The van der Waals surface area contributed by atoms with Gasteiger partial charge in [-0.1, -0.05) is 6.92 Å². The van der Waals surface area contributed by atoms with Gasteiger partial charge in [0.15, 0.2) is 0 Å². The molecule has 1 saturated heterocycles. The van der Waals surface area contributed by atoms with E-state index in [4.69, 9.17) is 0 Å². The molecule has 1 aromatic carbocycles. The lowest BCUT2D eigenvalue weighted by Crippen LogP contribution is -2.32. The Morgan fingerprint density at radius 2 is 1.85 bits per heavy atom. The molecule has 0 spiro atoms. The number of benzene rings is 1. The molecule has 1 aliphatic rings. The number of hydrogen-bond donors (Lipinski definition) is 2. The minimum atomic E-state index is -0.126. The average molecular weight is 352 g/mol. The van der Waals surface area contributed by atoms with Gasteiger partial charge in [-0.05, 0) is 69.0 Å². The van der Waals surface area contributed by atoms with Gasteiger partial charge in [-0.25, -0.2) is 4.98 Å². The van der Waals surface area contributed by atoms with Gasteiger partial charge in [0, 0.05) is 42.3 Å². The highest BCUT2D eigenvalue weighted by Crippen LogP contribution is 2.24. The Labute approximate surface area is 155 Å². The molecule has 0 bridgehead atoms. The lowest BCUT2D eigenvalue weighted by molar-refractivity contribution is 0.102. The number of carbonyl (C=O) groups is 1. The highest BCUT2D eigenvalue weighted by molar-refractivity contribution is 6.04. The van der Waals surface area contributed by atoms with E-state index in [9.17, 15) is 4.79 Å². The van der Waals surface area contributed by atoms with Crippen LogP contribution in [0.25, 0.3) is 0 Å². The molecular formula is C21H28N4O. The second kappa shape index (κ2) is 8.21. The monoisotopic (exact) mass is 352 g/mol. The normalized spacial score (nSPS) is 15.2. The number of hydrogen-bond acceptors (Lipinski definition) is 4. The van der Waals surface area contributed by atoms with Crippen LogP contribution in [0.2, 0.25) is 0 Å². The average Bonchev–Trinajstić information content (AvgIpc) is 2.63. The zero-order chi connectivity index (χ0) is 18.5. The van der Waals surface area contributed by atoms with E-state index in [0.717, 1.165) is 24.7 Å². The van der Waals surface area contributed by atoms with E-state index in [1.807, 2.05) is 26.0 Å². The summed E-state index contributed by atoms with van der Waals surface area (Å²) in [5, 5.41) is 6.18. The summed E-state index contributed by atoms with van der Waals surface area (Å²) < 4.78 is 0. The summed E-state index contributed by atoms with van der Waals surface area (Å²) in [6.07, 6.45) is 4.14. The number of nitrogens with one attached hydrogen (secondary N) is 2. The molecular weight excluding hydrogens is 324 g/mol. The number of anilines is 3. The molecule has 2 aromatic rings. The summed E-state index contributed by atoms with van der Waals surface area (Å²) in [6.45, 7) is 8.61. The van der Waals surface area contributed by atoms with Crippen LogP contribution in [-0.2, 0) is 0 Å². The molecule has 3 rings (SSSR count). The maximum absolute atomic E-state index is 12.5. The van der Waals surface area contributed by atoms with Gasteiger partial charge >= 0.3 is 0 Å². The van der Waals surface area contributed by atoms with Gasteiger partial charge in [0.1, 0.15) is 5.82 Å². The molecule has 26 heavy (non-hydrogen) atoms. The van der Waals surface area contributed by atoms with E-state index in [1.165, 1.54) is 18.5 Å². The van der Waals surface area contributed by atoms with Crippen LogP contribution in [0.3, 0.4) is 0 Å². The van der Waals surface area contributed by atoms with E-state index in [1.54, 1.807) is 18.3 Å². The van der Waals surface area contributed by atoms with Crippen LogP contribution >= 0.6 is 0 Å². The Morgan fingerprint density at radius 3 is 2.50 bits per heavy atom. The topological polar surface area (TPSA) is 57.3 Å². The molecule has 1 fully saturated rings. The zero-order valence-electron chi connectivity index (χ0n) is 15.8. The van der Waals surface area contributed by atoms with E-state index in [0.29, 0.717) is 11.4 Å². The Kier molecular flexibility index (Phi) is 5.76. The summed E-state index contributed by atoms with van der Waals surface area (Å²) in [7, 11) is 0. The highest BCUT2D eigenvalue weighted by Gasteiger charge is 2.16. The Hall–Kier alpha value is -2.56. The molecule has 5 heteroatoms. The van der Waals surface area contributed by atoms with Gasteiger partial charge in [0.25, 0.3) is 5.91 Å². The van der Waals surface area contributed by atoms with Crippen LogP contribution in [0.15, 0.2) is 42.6 Å². The predicted octanol–water partition coefficient (Wildman–Crippen LogP) is 4.39. The summed E-state index contributed by atoms with van der Waals surface area (Å²) in [4.78, 5) is 19.2. The van der Waals surface area contributed by atoms with Crippen molar-refractivity contribution in [2.75, 3.05) is 28.6 Å². The first kappa shape index (κ1) is 18.2. The smallest absolute Gasteiger partial charge is 0.255 e. The third-order valence-corrected chi connectivity index (χ3v) is 4.73. The maximum atomic E-state index is 12.5. The molecule has 1 aromatic heterocycles. The Balaban J connectivity index is 1.63. The number of pyridine rings is 1. The van der Waals surface area contributed by atoms with Crippen molar-refractivity contribution in [3.8, 4) is 0 Å².